The topological polar surface area (TPSA) is 162 Å². The quantitative estimate of drug-likeness (QED) is 0.369. The fourth-order valence-electron chi connectivity index (χ4n) is 4.16. The fraction of sp³-hybridized carbons (Fsp3) is 0.429. The lowest BCUT2D eigenvalue weighted by molar-refractivity contribution is -0.0891. The Bertz CT molecular complexity index is 1250. The SMILES string of the molecule is COC(=O)c1ccccc1COP1OC[C@H]2O[C@@H](n3cnc4c(OC)nc(N)nc43)[C@](C)(O)[C@@H]2O1. The third-order valence-corrected chi connectivity index (χ3v) is 6.96. The van der Waals surface area contributed by atoms with E-state index in [1.165, 1.54) is 20.5 Å². The monoisotopic (exact) mass is 505 g/mol. The van der Waals surface area contributed by atoms with E-state index in [1.807, 2.05) is 0 Å². The van der Waals surface area contributed by atoms with Crippen LogP contribution in [0, 0.1) is 0 Å². The number of methoxy groups -OCH3 is 2. The Balaban J connectivity index is 1.34. The molecule has 0 spiro atoms. The number of aromatic nitrogens is 4. The highest BCUT2D eigenvalue weighted by molar-refractivity contribution is 7.41. The minimum atomic E-state index is -1.83. The molecular formula is C21H24N5O8P. The van der Waals surface area contributed by atoms with Gasteiger partial charge in [-0.3, -0.25) is 4.57 Å². The van der Waals surface area contributed by atoms with Crippen LogP contribution in [0.4, 0.5) is 5.95 Å². The molecule has 0 amide bonds. The van der Waals surface area contributed by atoms with E-state index in [-0.39, 0.29) is 25.0 Å². The van der Waals surface area contributed by atoms with Crippen molar-refractivity contribution in [1.29, 1.82) is 0 Å². The van der Waals surface area contributed by atoms with Crippen LogP contribution >= 0.6 is 8.60 Å². The highest BCUT2D eigenvalue weighted by atomic mass is 31.2. The van der Waals surface area contributed by atoms with Crippen molar-refractivity contribution >= 4 is 31.7 Å². The number of anilines is 1. The minimum absolute atomic E-state index is 0.00473. The number of esters is 1. The first kappa shape index (κ1) is 23.8. The van der Waals surface area contributed by atoms with Gasteiger partial charge in [-0.15, -0.1) is 0 Å². The number of rotatable bonds is 6. The summed E-state index contributed by atoms with van der Waals surface area (Å²) >= 11 is 0. The molecule has 35 heavy (non-hydrogen) atoms. The van der Waals surface area contributed by atoms with Crippen LogP contribution in [0.15, 0.2) is 30.6 Å². The first-order chi connectivity index (χ1) is 16.8. The molecule has 5 rings (SSSR count). The number of ether oxygens (including phenoxy) is 3. The summed E-state index contributed by atoms with van der Waals surface area (Å²) in [7, 11) is 0.940. The van der Waals surface area contributed by atoms with Crippen LogP contribution in [0.3, 0.4) is 0 Å². The number of carbonyl (C=O) groups is 1. The van der Waals surface area contributed by atoms with E-state index in [0.717, 1.165) is 0 Å². The number of hydrogen-bond acceptors (Lipinski definition) is 12. The zero-order valence-corrected chi connectivity index (χ0v) is 20.0. The molecule has 14 heteroatoms. The van der Waals surface area contributed by atoms with Gasteiger partial charge in [0.1, 0.15) is 17.8 Å². The van der Waals surface area contributed by atoms with Crippen molar-refractivity contribution in [2.45, 2.75) is 37.6 Å². The molecule has 4 heterocycles. The van der Waals surface area contributed by atoms with Crippen molar-refractivity contribution in [1.82, 2.24) is 19.5 Å². The van der Waals surface area contributed by atoms with Crippen LogP contribution < -0.4 is 10.5 Å². The minimum Gasteiger partial charge on any atom is -0.479 e. The smallest absolute Gasteiger partial charge is 0.338 e. The number of nitrogens with zero attached hydrogens (tertiary/aromatic N) is 4. The Hall–Kier alpha value is -2.93. The highest BCUT2D eigenvalue weighted by Crippen LogP contribution is 2.53. The molecule has 186 valence electrons. The molecule has 5 atom stereocenters. The Morgan fingerprint density at radius 3 is 2.91 bits per heavy atom. The number of benzene rings is 1. The van der Waals surface area contributed by atoms with Gasteiger partial charge in [-0.2, -0.15) is 9.97 Å². The van der Waals surface area contributed by atoms with Gasteiger partial charge < -0.3 is 38.6 Å². The molecule has 0 aliphatic carbocycles. The van der Waals surface area contributed by atoms with E-state index in [1.54, 1.807) is 35.8 Å². The van der Waals surface area contributed by atoms with Gasteiger partial charge in [0, 0.05) is 0 Å². The molecular weight excluding hydrogens is 481 g/mol. The standard InChI is InChI=1S/C21H24N5O8P/c1-21(28)15-13(33-19(21)26-10-23-14-16(26)24-20(22)25-17(14)29-2)9-32-35(34-15)31-8-11-6-4-5-7-12(11)18(27)30-3/h4-7,10,13,15,19,28H,8-9H2,1-3H3,(H2,22,24,25)/t13-,15-,19-,21-,35?/m1/s1. The van der Waals surface area contributed by atoms with Gasteiger partial charge >= 0.3 is 14.6 Å². The lowest BCUT2D eigenvalue weighted by Crippen LogP contribution is -2.47. The molecule has 0 saturated carbocycles. The summed E-state index contributed by atoms with van der Waals surface area (Å²) in [6, 6.07) is 6.93. The number of nitrogen functional groups attached to an aromatic ring is 1. The summed E-state index contributed by atoms with van der Waals surface area (Å²) < 4.78 is 35.3. The highest BCUT2D eigenvalue weighted by Gasteiger charge is 2.58. The number of carbonyl (C=O) groups excluding carboxylic acids is 1. The van der Waals surface area contributed by atoms with Crippen molar-refractivity contribution in [3.63, 3.8) is 0 Å². The molecule has 1 aromatic carbocycles. The number of imidazole rings is 1. The molecule has 13 nitrogen and oxygen atoms in total. The fourth-order valence-corrected chi connectivity index (χ4v) is 5.41. The van der Waals surface area contributed by atoms with Gasteiger partial charge in [-0.1, -0.05) is 18.2 Å². The summed E-state index contributed by atoms with van der Waals surface area (Å²) in [6.45, 7) is 1.79. The van der Waals surface area contributed by atoms with E-state index < -0.39 is 38.6 Å². The average Bonchev–Trinajstić information content (AvgIpc) is 3.39. The van der Waals surface area contributed by atoms with E-state index in [9.17, 15) is 9.90 Å². The lowest BCUT2D eigenvalue weighted by atomic mass is 9.96. The van der Waals surface area contributed by atoms with Crippen molar-refractivity contribution in [3.05, 3.63) is 41.7 Å². The molecule has 3 aromatic rings. The second-order valence-corrected chi connectivity index (χ2v) is 9.31. The molecule has 2 aliphatic heterocycles. The maximum absolute atomic E-state index is 12.0. The average molecular weight is 505 g/mol. The van der Waals surface area contributed by atoms with Crippen molar-refractivity contribution < 1.29 is 37.7 Å². The normalized spacial score (nSPS) is 28.1. The summed E-state index contributed by atoms with van der Waals surface area (Å²) in [5.74, 6) is -0.258. The zero-order chi connectivity index (χ0) is 24.7. The molecule has 2 fully saturated rings. The summed E-state index contributed by atoms with van der Waals surface area (Å²) in [4.78, 5) is 24.6. The second-order valence-electron chi connectivity index (χ2n) is 8.14. The first-order valence-electron chi connectivity index (χ1n) is 10.6. The molecule has 1 unspecified atom stereocenters. The van der Waals surface area contributed by atoms with Gasteiger partial charge in [0.25, 0.3) is 0 Å². The predicted molar refractivity (Wildman–Crippen MR) is 121 cm³/mol. The van der Waals surface area contributed by atoms with Gasteiger partial charge in [0.15, 0.2) is 17.4 Å². The number of aliphatic hydroxyl groups is 1. The van der Waals surface area contributed by atoms with Gasteiger partial charge in [-0.05, 0) is 18.6 Å². The maximum atomic E-state index is 12.0. The molecule has 0 radical (unpaired) electrons. The third kappa shape index (κ3) is 4.20. The van der Waals surface area contributed by atoms with Crippen LogP contribution in [-0.4, -0.2) is 69.2 Å². The van der Waals surface area contributed by atoms with Crippen molar-refractivity contribution in [2.24, 2.45) is 0 Å². The lowest BCUT2D eigenvalue weighted by Gasteiger charge is -2.34. The summed E-state index contributed by atoms with van der Waals surface area (Å²) in [5.41, 5.74) is 6.05. The van der Waals surface area contributed by atoms with Gasteiger partial charge in [-0.25, -0.2) is 9.78 Å². The molecule has 0 bridgehead atoms. The number of hydrogen-bond donors (Lipinski definition) is 2. The van der Waals surface area contributed by atoms with Gasteiger partial charge in [0.2, 0.25) is 11.8 Å². The number of fused-ring (bicyclic) bond motifs is 2. The van der Waals surface area contributed by atoms with Crippen LogP contribution in [-0.2, 0) is 29.7 Å². The van der Waals surface area contributed by atoms with E-state index >= 15 is 0 Å². The van der Waals surface area contributed by atoms with Crippen LogP contribution in [0.1, 0.15) is 29.1 Å². The molecule has 2 aliphatic rings. The van der Waals surface area contributed by atoms with Crippen molar-refractivity contribution in [2.75, 3.05) is 26.6 Å². The maximum Gasteiger partial charge on any atom is 0.338 e. The third-order valence-electron chi connectivity index (χ3n) is 5.86. The largest absolute Gasteiger partial charge is 0.479 e. The van der Waals surface area contributed by atoms with E-state index in [2.05, 4.69) is 15.0 Å². The van der Waals surface area contributed by atoms with Crippen LogP contribution in [0.25, 0.3) is 11.2 Å². The Morgan fingerprint density at radius 1 is 1.34 bits per heavy atom. The van der Waals surface area contributed by atoms with E-state index in [4.69, 9.17) is 33.5 Å². The molecule has 2 saturated heterocycles. The predicted octanol–water partition coefficient (Wildman–Crippen LogP) is 1.71. The summed E-state index contributed by atoms with van der Waals surface area (Å²) in [5, 5.41) is 11.5. The van der Waals surface area contributed by atoms with E-state index in [0.29, 0.717) is 22.3 Å². The van der Waals surface area contributed by atoms with Crippen molar-refractivity contribution in [3.8, 4) is 5.88 Å². The summed E-state index contributed by atoms with van der Waals surface area (Å²) in [6.07, 6.45) is -0.762. The van der Waals surface area contributed by atoms with Gasteiger partial charge in [0.05, 0.1) is 39.3 Å². The first-order valence-corrected chi connectivity index (χ1v) is 11.7. The Kier molecular flexibility index (Phi) is 6.30. The molecule has 3 N–H and O–H groups in total. The van der Waals surface area contributed by atoms with Crippen LogP contribution in [0.2, 0.25) is 0 Å². The molecule has 2 aromatic heterocycles. The number of nitrogens with two attached hydrogens (primary N) is 1. The zero-order valence-electron chi connectivity index (χ0n) is 19.2. The second kappa shape index (κ2) is 9.26. The Morgan fingerprint density at radius 2 is 2.14 bits per heavy atom. The Labute approximate surface area is 201 Å². The van der Waals surface area contributed by atoms with Crippen LogP contribution in [0.5, 0.6) is 5.88 Å².